The van der Waals surface area contributed by atoms with Gasteiger partial charge in [0.25, 0.3) is 0 Å². The molecule has 106 valence electrons. The first-order chi connectivity index (χ1) is 9.32. The maximum Gasteiger partial charge on any atom is 0.241 e. The van der Waals surface area contributed by atoms with E-state index in [0.717, 1.165) is 17.6 Å². The van der Waals surface area contributed by atoms with E-state index in [1.165, 1.54) is 6.08 Å². The van der Waals surface area contributed by atoms with Gasteiger partial charge in [0.2, 0.25) is 5.91 Å². The van der Waals surface area contributed by atoms with Crippen molar-refractivity contribution in [3.05, 3.63) is 57.6 Å². The molecule has 2 rings (SSSR count). The molecule has 1 aromatic carbocycles. The second kappa shape index (κ2) is 5.80. The highest BCUT2D eigenvalue weighted by Crippen LogP contribution is 2.58. The predicted octanol–water partition coefficient (Wildman–Crippen LogP) is 4.45. The first kappa shape index (κ1) is 15.4. The monoisotopic (exact) mass is 329 g/mol. The van der Waals surface area contributed by atoms with Crippen LogP contribution in [-0.2, 0) is 4.79 Å². The van der Waals surface area contributed by atoms with Crippen LogP contribution in [0.15, 0.2) is 42.0 Å². The van der Waals surface area contributed by atoms with Crippen molar-refractivity contribution in [3.8, 4) is 0 Å². The first-order valence-corrected chi connectivity index (χ1v) is 7.26. The van der Waals surface area contributed by atoms with Gasteiger partial charge in [-0.2, -0.15) is 0 Å². The standard InChI is InChI=1S/C15H14Cl3NO/c1-9(6-14(19)20)4-5-15(18)8-11(15)10-2-3-12(16)13(17)7-10/h2-7,11H,8H2,1H3,(H2,19,20)/t11?,15-/m0/s1. The van der Waals surface area contributed by atoms with E-state index < -0.39 is 10.8 Å². The van der Waals surface area contributed by atoms with Gasteiger partial charge in [0.1, 0.15) is 0 Å². The second-order valence-electron chi connectivity index (χ2n) is 4.98. The third-order valence-corrected chi connectivity index (χ3v) is 4.56. The molecule has 20 heavy (non-hydrogen) atoms. The lowest BCUT2D eigenvalue weighted by Crippen LogP contribution is -2.06. The minimum Gasteiger partial charge on any atom is -0.366 e. The van der Waals surface area contributed by atoms with Gasteiger partial charge >= 0.3 is 0 Å². The number of alkyl halides is 1. The number of hydrogen-bond acceptors (Lipinski definition) is 1. The van der Waals surface area contributed by atoms with Gasteiger partial charge in [-0.3, -0.25) is 4.79 Å². The Bertz CT molecular complexity index is 609. The fourth-order valence-electron chi connectivity index (χ4n) is 2.10. The summed E-state index contributed by atoms with van der Waals surface area (Å²) < 4.78 is 0. The van der Waals surface area contributed by atoms with E-state index in [-0.39, 0.29) is 5.92 Å². The van der Waals surface area contributed by atoms with Crippen LogP contribution in [0.2, 0.25) is 10.0 Å². The molecule has 0 aromatic heterocycles. The van der Waals surface area contributed by atoms with Crippen LogP contribution in [0.5, 0.6) is 0 Å². The number of benzene rings is 1. The van der Waals surface area contributed by atoms with Crippen LogP contribution in [0, 0.1) is 0 Å². The summed E-state index contributed by atoms with van der Waals surface area (Å²) in [5, 5.41) is 1.07. The van der Waals surface area contributed by atoms with Crippen LogP contribution in [0.3, 0.4) is 0 Å². The molecule has 0 saturated heterocycles. The van der Waals surface area contributed by atoms with Gasteiger partial charge in [-0.1, -0.05) is 41.4 Å². The largest absolute Gasteiger partial charge is 0.366 e. The molecule has 5 heteroatoms. The van der Waals surface area contributed by atoms with Crippen molar-refractivity contribution >= 4 is 40.7 Å². The summed E-state index contributed by atoms with van der Waals surface area (Å²) in [6, 6.07) is 5.55. The van der Waals surface area contributed by atoms with Crippen molar-refractivity contribution in [2.24, 2.45) is 5.73 Å². The van der Waals surface area contributed by atoms with E-state index in [4.69, 9.17) is 40.5 Å². The quantitative estimate of drug-likeness (QED) is 0.495. The Balaban J connectivity index is 2.10. The van der Waals surface area contributed by atoms with E-state index in [1.807, 2.05) is 24.3 Å². The lowest BCUT2D eigenvalue weighted by molar-refractivity contribution is -0.113. The van der Waals surface area contributed by atoms with Gasteiger partial charge in [0, 0.05) is 12.0 Å². The van der Waals surface area contributed by atoms with Crippen LogP contribution in [-0.4, -0.2) is 10.8 Å². The fraction of sp³-hybridized carbons (Fsp3) is 0.267. The Kier molecular flexibility index (Phi) is 4.48. The molecule has 2 N–H and O–H groups in total. The molecule has 1 fully saturated rings. The Morgan fingerprint density at radius 2 is 2.10 bits per heavy atom. The minimum atomic E-state index is -0.465. The van der Waals surface area contributed by atoms with Crippen LogP contribution in [0.25, 0.3) is 0 Å². The van der Waals surface area contributed by atoms with Crippen LogP contribution in [0.4, 0.5) is 0 Å². The van der Waals surface area contributed by atoms with Gasteiger partial charge in [-0.25, -0.2) is 0 Å². The highest BCUT2D eigenvalue weighted by molar-refractivity contribution is 6.42. The van der Waals surface area contributed by atoms with E-state index in [0.29, 0.717) is 10.0 Å². The molecular weight excluding hydrogens is 317 g/mol. The molecule has 2 nitrogen and oxygen atoms in total. The van der Waals surface area contributed by atoms with Crippen molar-refractivity contribution in [1.82, 2.24) is 0 Å². The summed E-state index contributed by atoms with van der Waals surface area (Å²) >= 11 is 18.4. The Hall–Kier alpha value is -0.960. The lowest BCUT2D eigenvalue weighted by Gasteiger charge is -2.05. The van der Waals surface area contributed by atoms with E-state index >= 15 is 0 Å². The van der Waals surface area contributed by atoms with Crippen molar-refractivity contribution in [1.29, 1.82) is 0 Å². The van der Waals surface area contributed by atoms with Gasteiger partial charge in [0.15, 0.2) is 0 Å². The summed E-state index contributed by atoms with van der Waals surface area (Å²) in [6.45, 7) is 1.80. The Morgan fingerprint density at radius 3 is 2.70 bits per heavy atom. The number of nitrogens with two attached hydrogens (primary N) is 1. The summed E-state index contributed by atoms with van der Waals surface area (Å²) in [7, 11) is 0. The summed E-state index contributed by atoms with van der Waals surface area (Å²) in [5.41, 5.74) is 6.93. The molecule has 1 aromatic rings. The van der Waals surface area contributed by atoms with Crippen molar-refractivity contribution in [3.63, 3.8) is 0 Å². The van der Waals surface area contributed by atoms with Gasteiger partial charge in [-0.15, -0.1) is 11.6 Å². The average molecular weight is 331 g/mol. The van der Waals surface area contributed by atoms with E-state index in [9.17, 15) is 4.79 Å². The molecule has 1 aliphatic rings. The number of carbonyl (C=O) groups is 1. The first-order valence-electron chi connectivity index (χ1n) is 6.12. The molecule has 1 amide bonds. The fourth-order valence-corrected chi connectivity index (χ4v) is 2.75. The second-order valence-corrected chi connectivity index (χ2v) is 6.50. The number of amides is 1. The van der Waals surface area contributed by atoms with Gasteiger partial charge in [-0.05, 0) is 36.6 Å². The minimum absolute atomic E-state index is 0.205. The van der Waals surface area contributed by atoms with Crippen molar-refractivity contribution in [2.45, 2.75) is 24.1 Å². The topological polar surface area (TPSA) is 43.1 Å². The number of halogens is 3. The van der Waals surface area contributed by atoms with Crippen molar-refractivity contribution < 1.29 is 4.79 Å². The highest BCUT2D eigenvalue weighted by atomic mass is 35.5. The average Bonchev–Trinajstić information content (AvgIpc) is 3.03. The Morgan fingerprint density at radius 1 is 1.40 bits per heavy atom. The maximum absolute atomic E-state index is 10.8. The van der Waals surface area contributed by atoms with E-state index in [2.05, 4.69) is 0 Å². The molecule has 0 spiro atoms. The normalized spacial score (nSPS) is 26.0. The third kappa shape index (κ3) is 3.57. The molecule has 2 atom stereocenters. The lowest BCUT2D eigenvalue weighted by atomic mass is 10.1. The zero-order chi connectivity index (χ0) is 14.9. The van der Waals surface area contributed by atoms with Crippen molar-refractivity contribution in [2.75, 3.05) is 0 Å². The predicted molar refractivity (Wildman–Crippen MR) is 84.5 cm³/mol. The molecule has 0 bridgehead atoms. The summed E-state index contributed by atoms with van der Waals surface area (Å²) in [4.78, 5) is 10.3. The van der Waals surface area contributed by atoms with Crippen LogP contribution < -0.4 is 5.73 Å². The SMILES string of the molecule is CC(C=C[C@]1(Cl)CC1c1ccc(Cl)c(Cl)c1)=CC(N)=O. The van der Waals surface area contributed by atoms with Gasteiger partial charge < -0.3 is 5.73 Å². The Labute approximate surface area is 133 Å². The molecule has 1 aliphatic carbocycles. The molecule has 1 unspecified atom stereocenters. The summed E-state index contributed by atoms with van der Waals surface area (Å²) in [6.07, 6.45) is 5.91. The number of rotatable bonds is 4. The van der Waals surface area contributed by atoms with Gasteiger partial charge in [0.05, 0.1) is 14.9 Å². The zero-order valence-corrected chi connectivity index (χ0v) is 13.1. The summed E-state index contributed by atoms with van der Waals surface area (Å²) in [5.74, 6) is -0.260. The number of primary amides is 1. The number of carbonyl (C=O) groups excluding carboxylic acids is 1. The molecule has 1 saturated carbocycles. The van der Waals surface area contributed by atoms with Crippen LogP contribution in [0.1, 0.15) is 24.8 Å². The molecule has 0 aliphatic heterocycles. The molecule has 0 heterocycles. The number of allylic oxidation sites excluding steroid dienone is 3. The van der Waals surface area contributed by atoms with Crippen LogP contribution >= 0.6 is 34.8 Å². The highest BCUT2D eigenvalue weighted by Gasteiger charge is 2.51. The molecule has 0 radical (unpaired) electrons. The molecular formula is C15H14Cl3NO. The van der Waals surface area contributed by atoms with E-state index in [1.54, 1.807) is 13.0 Å². The maximum atomic E-state index is 10.8. The zero-order valence-electron chi connectivity index (χ0n) is 10.9. The smallest absolute Gasteiger partial charge is 0.241 e. The third-order valence-electron chi connectivity index (χ3n) is 3.28. The number of hydrogen-bond donors (Lipinski definition) is 1.